The van der Waals surface area contributed by atoms with E-state index in [1.165, 1.54) is 16.7 Å². The quantitative estimate of drug-likeness (QED) is 0.637. The van der Waals surface area contributed by atoms with Gasteiger partial charge in [0.15, 0.2) is 6.29 Å². The summed E-state index contributed by atoms with van der Waals surface area (Å²) in [6.07, 6.45) is 4.54. The van der Waals surface area contributed by atoms with E-state index in [2.05, 4.69) is 11.1 Å². The molecule has 0 unspecified atom stereocenters. The number of hydrogen-bond acceptors (Lipinski definition) is 3. The van der Waals surface area contributed by atoms with Crippen LogP contribution in [0.1, 0.15) is 9.67 Å². The average molecular weight is 239 g/mol. The second-order valence-electron chi connectivity index (χ2n) is 3.72. The van der Waals surface area contributed by atoms with Gasteiger partial charge < -0.3 is 0 Å². The highest BCUT2D eigenvalue weighted by molar-refractivity contribution is 7.17. The lowest BCUT2D eigenvalue weighted by Gasteiger charge is -2.03. The van der Waals surface area contributed by atoms with Crippen LogP contribution >= 0.6 is 11.3 Å². The van der Waals surface area contributed by atoms with Crippen molar-refractivity contribution in [2.24, 2.45) is 0 Å². The van der Waals surface area contributed by atoms with E-state index in [-0.39, 0.29) is 0 Å². The Labute approximate surface area is 103 Å². The van der Waals surface area contributed by atoms with Gasteiger partial charge in [0.2, 0.25) is 0 Å². The van der Waals surface area contributed by atoms with Crippen molar-refractivity contribution in [2.45, 2.75) is 0 Å². The van der Waals surface area contributed by atoms with E-state index in [1.807, 2.05) is 36.5 Å². The Hall–Kier alpha value is -2.00. The standard InChI is InChI=1S/C14H9NOS/c16-9-11-4-5-14(17-11)13-3-1-2-10-8-15-7-6-12(10)13/h1-9H. The molecule has 0 spiro atoms. The third kappa shape index (κ3) is 1.74. The number of rotatable bonds is 2. The van der Waals surface area contributed by atoms with E-state index < -0.39 is 0 Å². The lowest BCUT2D eigenvalue weighted by atomic mass is 10.1. The first-order valence-corrected chi connectivity index (χ1v) is 6.08. The van der Waals surface area contributed by atoms with Crippen LogP contribution in [0.4, 0.5) is 0 Å². The number of aldehydes is 1. The smallest absolute Gasteiger partial charge is 0.160 e. The topological polar surface area (TPSA) is 30.0 Å². The Morgan fingerprint density at radius 2 is 2.06 bits per heavy atom. The van der Waals surface area contributed by atoms with Crippen molar-refractivity contribution < 1.29 is 4.79 Å². The predicted molar refractivity (Wildman–Crippen MR) is 70.4 cm³/mol. The molecule has 0 atom stereocenters. The lowest BCUT2D eigenvalue weighted by molar-refractivity contribution is 0.112. The van der Waals surface area contributed by atoms with Gasteiger partial charge in [-0.05, 0) is 29.1 Å². The SMILES string of the molecule is O=Cc1ccc(-c2cccc3cnccc23)s1. The molecule has 0 N–H and O–H groups in total. The number of hydrogen-bond donors (Lipinski definition) is 0. The third-order valence-electron chi connectivity index (χ3n) is 2.69. The molecule has 82 valence electrons. The number of aromatic nitrogens is 1. The summed E-state index contributed by atoms with van der Waals surface area (Å²) in [6, 6.07) is 12.0. The molecule has 0 radical (unpaired) electrons. The first kappa shape index (κ1) is 10.2. The maximum absolute atomic E-state index is 10.7. The summed E-state index contributed by atoms with van der Waals surface area (Å²) < 4.78 is 0. The van der Waals surface area contributed by atoms with E-state index in [0.717, 1.165) is 27.0 Å². The van der Waals surface area contributed by atoms with Crippen molar-refractivity contribution in [1.82, 2.24) is 4.98 Å². The first-order chi connectivity index (χ1) is 8.38. The molecule has 2 nitrogen and oxygen atoms in total. The molecule has 2 aromatic heterocycles. The van der Waals surface area contributed by atoms with Gasteiger partial charge in [-0.15, -0.1) is 11.3 Å². The summed E-state index contributed by atoms with van der Waals surface area (Å²) >= 11 is 1.51. The molecule has 0 aliphatic heterocycles. The van der Waals surface area contributed by atoms with E-state index in [9.17, 15) is 4.79 Å². The fourth-order valence-electron chi connectivity index (χ4n) is 1.90. The van der Waals surface area contributed by atoms with Gasteiger partial charge in [-0.1, -0.05) is 18.2 Å². The van der Waals surface area contributed by atoms with Gasteiger partial charge in [-0.25, -0.2) is 0 Å². The van der Waals surface area contributed by atoms with Crippen LogP contribution in [0.15, 0.2) is 48.8 Å². The Morgan fingerprint density at radius 3 is 2.88 bits per heavy atom. The van der Waals surface area contributed by atoms with Crippen molar-refractivity contribution in [3.05, 3.63) is 53.7 Å². The molecule has 3 heteroatoms. The molecule has 3 aromatic rings. The maximum Gasteiger partial charge on any atom is 0.160 e. The minimum Gasteiger partial charge on any atom is -0.297 e. The van der Waals surface area contributed by atoms with E-state index in [4.69, 9.17) is 0 Å². The highest BCUT2D eigenvalue weighted by Crippen LogP contribution is 2.32. The van der Waals surface area contributed by atoms with Crippen molar-refractivity contribution in [3.63, 3.8) is 0 Å². The second-order valence-corrected chi connectivity index (χ2v) is 4.84. The zero-order valence-corrected chi connectivity index (χ0v) is 9.78. The number of nitrogens with zero attached hydrogens (tertiary/aromatic N) is 1. The molecule has 0 fully saturated rings. The number of thiophene rings is 1. The zero-order chi connectivity index (χ0) is 11.7. The highest BCUT2D eigenvalue weighted by atomic mass is 32.1. The van der Waals surface area contributed by atoms with Gasteiger partial charge in [0.05, 0.1) is 4.88 Å². The molecule has 1 aromatic carbocycles. The van der Waals surface area contributed by atoms with E-state index >= 15 is 0 Å². The van der Waals surface area contributed by atoms with Crippen LogP contribution in [-0.4, -0.2) is 11.3 Å². The van der Waals surface area contributed by atoms with Gasteiger partial charge in [-0.2, -0.15) is 0 Å². The van der Waals surface area contributed by atoms with Gasteiger partial charge in [-0.3, -0.25) is 9.78 Å². The number of pyridine rings is 1. The average Bonchev–Trinajstić information content (AvgIpc) is 2.87. The van der Waals surface area contributed by atoms with Crippen LogP contribution in [0.25, 0.3) is 21.2 Å². The lowest BCUT2D eigenvalue weighted by Crippen LogP contribution is -1.79. The van der Waals surface area contributed by atoms with Crippen LogP contribution in [0.3, 0.4) is 0 Å². The Balaban J connectivity index is 2.26. The van der Waals surface area contributed by atoms with Crippen molar-refractivity contribution in [3.8, 4) is 10.4 Å². The van der Waals surface area contributed by atoms with Gasteiger partial charge in [0.1, 0.15) is 0 Å². The van der Waals surface area contributed by atoms with Crippen molar-refractivity contribution >= 4 is 28.4 Å². The van der Waals surface area contributed by atoms with Gasteiger partial charge in [0.25, 0.3) is 0 Å². The second kappa shape index (κ2) is 4.11. The molecule has 17 heavy (non-hydrogen) atoms. The summed E-state index contributed by atoms with van der Waals surface area (Å²) in [4.78, 5) is 16.7. The minimum atomic E-state index is 0.756. The van der Waals surface area contributed by atoms with E-state index in [1.54, 1.807) is 6.20 Å². The highest BCUT2D eigenvalue weighted by Gasteiger charge is 2.06. The van der Waals surface area contributed by atoms with Crippen LogP contribution in [-0.2, 0) is 0 Å². The summed E-state index contributed by atoms with van der Waals surface area (Å²) in [5.41, 5.74) is 1.16. The van der Waals surface area contributed by atoms with Crippen LogP contribution in [0.2, 0.25) is 0 Å². The van der Waals surface area contributed by atoms with Gasteiger partial charge >= 0.3 is 0 Å². The Bertz CT molecular complexity index is 682. The van der Waals surface area contributed by atoms with Crippen LogP contribution < -0.4 is 0 Å². The largest absolute Gasteiger partial charge is 0.297 e. The molecule has 3 rings (SSSR count). The van der Waals surface area contributed by atoms with Crippen molar-refractivity contribution in [1.29, 1.82) is 0 Å². The minimum absolute atomic E-state index is 0.756. The molecule has 0 aliphatic carbocycles. The maximum atomic E-state index is 10.7. The van der Waals surface area contributed by atoms with Crippen LogP contribution in [0.5, 0.6) is 0 Å². The molecular formula is C14H9NOS. The summed E-state index contributed by atoms with van der Waals surface area (Å²) in [7, 11) is 0. The molecule has 0 aliphatic rings. The van der Waals surface area contributed by atoms with Gasteiger partial charge in [0, 0.05) is 22.7 Å². The molecule has 0 saturated carbocycles. The number of benzene rings is 1. The third-order valence-corrected chi connectivity index (χ3v) is 3.73. The molecular weight excluding hydrogens is 230 g/mol. The fourth-order valence-corrected chi connectivity index (χ4v) is 2.76. The zero-order valence-electron chi connectivity index (χ0n) is 8.96. The predicted octanol–water partition coefficient (Wildman–Crippen LogP) is 3.78. The molecule has 0 bridgehead atoms. The Kier molecular flexibility index (Phi) is 2.46. The number of carbonyl (C=O) groups excluding carboxylic acids is 1. The summed E-state index contributed by atoms with van der Waals surface area (Å²) in [5, 5.41) is 2.29. The first-order valence-electron chi connectivity index (χ1n) is 5.26. The number of fused-ring (bicyclic) bond motifs is 1. The summed E-state index contributed by atoms with van der Waals surface area (Å²) in [5.74, 6) is 0. The van der Waals surface area contributed by atoms with Crippen molar-refractivity contribution in [2.75, 3.05) is 0 Å². The summed E-state index contributed by atoms with van der Waals surface area (Å²) in [6.45, 7) is 0. The Morgan fingerprint density at radius 1 is 1.12 bits per heavy atom. The molecule has 0 saturated heterocycles. The fraction of sp³-hybridized carbons (Fsp3) is 0. The van der Waals surface area contributed by atoms with E-state index in [0.29, 0.717) is 0 Å². The monoisotopic (exact) mass is 239 g/mol. The molecule has 2 heterocycles. The normalized spacial score (nSPS) is 10.6. The number of carbonyl (C=O) groups is 1. The van der Waals surface area contributed by atoms with Crippen LogP contribution in [0, 0.1) is 0 Å². The molecule has 0 amide bonds.